The molecule has 3 rings (SSSR count). The van der Waals surface area contributed by atoms with E-state index in [4.69, 9.17) is 0 Å². The van der Waals surface area contributed by atoms with Gasteiger partial charge in [0.1, 0.15) is 0 Å². The number of benzene rings is 3. The Hall–Kier alpha value is -4.13. The molecule has 0 saturated heterocycles. The number of carbonyl (C=O) groups is 3. The summed E-state index contributed by atoms with van der Waals surface area (Å²) in [5.74, 6) is -0.417. The lowest BCUT2D eigenvalue weighted by atomic mass is 10.1. The topological polar surface area (TPSA) is 99.3 Å². The molecule has 0 radical (unpaired) electrons. The molecular formula is C27H30N4O3. The molecule has 0 atom stereocenters. The average molecular weight is 459 g/mol. The number of carbonyl (C=O) groups excluding carboxylic acids is 3. The van der Waals surface area contributed by atoms with Crippen LogP contribution >= 0.6 is 0 Å². The molecule has 3 aromatic carbocycles. The summed E-state index contributed by atoms with van der Waals surface area (Å²) < 4.78 is 0. The number of amides is 3. The van der Waals surface area contributed by atoms with Crippen LogP contribution in [0.3, 0.4) is 0 Å². The van der Waals surface area contributed by atoms with Crippen LogP contribution in [0, 0.1) is 0 Å². The maximum atomic E-state index is 12.3. The van der Waals surface area contributed by atoms with Crippen LogP contribution < -0.4 is 21.3 Å². The third-order valence-corrected chi connectivity index (χ3v) is 5.05. The van der Waals surface area contributed by atoms with Crippen molar-refractivity contribution in [2.24, 2.45) is 0 Å². The van der Waals surface area contributed by atoms with Gasteiger partial charge in [0.15, 0.2) is 0 Å². The van der Waals surface area contributed by atoms with E-state index in [0.717, 1.165) is 17.7 Å². The Balaban J connectivity index is 1.44. The molecule has 7 heteroatoms. The Labute approximate surface area is 200 Å². The lowest BCUT2D eigenvalue weighted by Gasteiger charge is -2.11. The maximum Gasteiger partial charge on any atom is 0.251 e. The summed E-state index contributed by atoms with van der Waals surface area (Å²) >= 11 is 0. The van der Waals surface area contributed by atoms with Gasteiger partial charge in [-0.05, 0) is 60.9 Å². The van der Waals surface area contributed by atoms with E-state index < -0.39 is 0 Å². The first-order chi connectivity index (χ1) is 16.5. The van der Waals surface area contributed by atoms with Crippen LogP contribution in [0.15, 0.2) is 78.9 Å². The standard InChI is InChI=1S/C27H30N4O3/c1-2-17-28-27(34)21-12-14-22(15-13-21)30-26(33)19-29-23-9-6-10-24(18-23)31-25(32)16-11-20-7-4-3-5-8-20/h3-10,12-15,18,29H,2,11,16-17,19H2,1H3,(H,28,34)(H,30,33)(H,31,32). The minimum absolute atomic E-state index is 0.0597. The minimum Gasteiger partial charge on any atom is -0.376 e. The third-order valence-electron chi connectivity index (χ3n) is 5.05. The van der Waals surface area contributed by atoms with Gasteiger partial charge < -0.3 is 21.3 Å². The van der Waals surface area contributed by atoms with Crippen molar-refractivity contribution in [3.8, 4) is 0 Å². The second kappa shape index (κ2) is 12.8. The molecule has 0 aliphatic rings. The molecular weight excluding hydrogens is 428 g/mol. The fourth-order valence-corrected chi connectivity index (χ4v) is 3.27. The van der Waals surface area contributed by atoms with E-state index in [1.54, 1.807) is 30.3 Å². The molecule has 0 fully saturated rings. The van der Waals surface area contributed by atoms with E-state index >= 15 is 0 Å². The predicted octanol–water partition coefficient (Wildman–Crippen LogP) is 4.45. The van der Waals surface area contributed by atoms with Gasteiger partial charge in [0.25, 0.3) is 5.91 Å². The molecule has 3 aromatic rings. The SMILES string of the molecule is CCCNC(=O)c1ccc(NC(=O)CNc2cccc(NC(=O)CCc3ccccc3)c2)cc1. The highest BCUT2D eigenvalue weighted by Crippen LogP contribution is 2.16. The third kappa shape index (κ3) is 8.09. The van der Waals surface area contributed by atoms with E-state index in [1.807, 2.05) is 55.5 Å². The Bertz CT molecular complexity index is 1100. The zero-order chi connectivity index (χ0) is 24.2. The molecule has 3 amide bonds. The van der Waals surface area contributed by atoms with Crippen LogP contribution in [0.5, 0.6) is 0 Å². The van der Waals surface area contributed by atoms with Crippen LogP contribution in [-0.4, -0.2) is 30.8 Å². The fourth-order valence-electron chi connectivity index (χ4n) is 3.27. The van der Waals surface area contributed by atoms with Crippen molar-refractivity contribution >= 4 is 34.8 Å². The van der Waals surface area contributed by atoms with E-state index in [-0.39, 0.29) is 24.3 Å². The molecule has 0 saturated carbocycles. The van der Waals surface area contributed by atoms with E-state index in [0.29, 0.717) is 36.3 Å². The first kappa shape index (κ1) is 24.5. The number of nitrogens with one attached hydrogen (secondary N) is 4. The van der Waals surface area contributed by atoms with Gasteiger partial charge in [0.05, 0.1) is 6.54 Å². The second-order valence-corrected chi connectivity index (χ2v) is 7.85. The molecule has 0 spiro atoms. The maximum absolute atomic E-state index is 12.3. The van der Waals surface area contributed by atoms with Gasteiger partial charge in [-0.2, -0.15) is 0 Å². The summed E-state index contributed by atoms with van der Waals surface area (Å²) in [5, 5.41) is 11.6. The first-order valence-corrected chi connectivity index (χ1v) is 11.4. The molecule has 0 bridgehead atoms. The molecule has 34 heavy (non-hydrogen) atoms. The second-order valence-electron chi connectivity index (χ2n) is 7.85. The van der Waals surface area contributed by atoms with Gasteiger partial charge in [-0.1, -0.05) is 43.3 Å². The molecule has 0 unspecified atom stereocenters. The summed E-state index contributed by atoms with van der Waals surface area (Å²) in [5.41, 5.74) is 3.67. The smallest absolute Gasteiger partial charge is 0.251 e. The van der Waals surface area contributed by atoms with Gasteiger partial charge in [-0.25, -0.2) is 0 Å². The monoisotopic (exact) mass is 458 g/mol. The predicted molar refractivity (Wildman–Crippen MR) is 136 cm³/mol. The Kier molecular flexibility index (Phi) is 9.22. The Morgan fingerprint density at radius 3 is 2.18 bits per heavy atom. The van der Waals surface area contributed by atoms with Crippen molar-refractivity contribution < 1.29 is 14.4 Å². The number of hydrogen-bond acceptors (Lipinski definition) is 4. The molecule has 0 heterocycles. The lowest BCUT2D eigenvalue weighted by Crippen LogP contribution is -2.24. The fraction of sp³-hybridized carbons (Fsp3) is 0.222. The highest BCUT2D eigenvalue weighted by atomic mass is 16.2. The number of hydrogen-bond donors (Lipinski definition) is 4. The Morgan fingerprint density at radius 2 is 1.44 bits per heavy atom. The van der Waals surface area contributed by atoms with Crippen molar-refractivity contribution in [2.75, 3.05) is 29.0 Å². The zero-order valence-electron chi connectivity index (χ0n) is 19.3. The molecule has 4 N–H and O–H groups in total. The largest absolute Gasteiger partial charge is 0.376 e. The van der Waals surface area contributed by atoms with Crippen molar-refractivity contribution in [1.29, 1.82) is 0 Å². The van der Waals surface area contributed by atoms with Crippen molar-refractivity contribution in [1.82, 2.24) is 5.32 Å². The molecule has 0 aliphatic carbocycles. The summed E-state index contributed by atoms with van der Waals surface area (Å²) in [4.78, 5) is 36.5. The number of anilines is 3. The minimum atomic E-state index is -0.222. The van der Waals surface area contributed by atoms with Crippen LogP contribution in [0.2, 0.25) is 0 Å². The number of rotatable bonds is 11. The van der Waals surface area contributed by atoms with Crippen molar-refractivity contribution in [2.45, 2.75) is 26.2 Å². The van der Waals surface area contributed by atoms with Gasteiger partial charge in [-0.15, -0.1) is 0 Å². The van der Waals surface area contributed by atoms with Gasteiger partial charge in [-0.3, -0.25) is 14.4 Å². The normalized spacial score (nSPS) is 10.3. The molecule has 0 aliphatic heterocycles. The van der Waals surface area contributed by atoms with Gasteiger partial charge >= 0.3 is 0 Å². The van der Waals surface area contributed by atoms with E-state index in [1.165, 1.54) is 0 Å². The van der Waals surface area contributed by atoms with Crippen molar-refractivity contribution in [3.63, 3.8) is 0 Å². The van der Waals surface area contributed by atoms with E-state index in [9.17, 15) is 14.4 Å². The van der Waals surface area contributed by atoms with Crippen molar-refractivity contribution in [3.05, 3.63) is 90.0 Å². The summed E-state index contributed by atoms with van der Waals surface area (Å²) in [7, 11) is 0. The number of aryl methyl sites for hydroxylation is 1. The van der Waals surface area contributed by atoms with E-state index in [2.05, 4.69) is 21.3 Å². The highest BCUT2D eigenvalue weighted by molar-refractivity contribution is 5.97. The molecule has 0 aromatic heterocycles. The first-order valence-electron chi connectivity index (χ1n) is 11.4. The summed E-state index contributed by atoms with van der Waals surface area (Å²) in [6.45, 7) is 2.68. The summed E-state index contributed by atoms with van der Waals surface area (Å²) in [6, 6.07) is 23.9. The average Bonchev–Trinajstić information content (AvgIpc) is 2.86. The zero-order valence-corrected chi connectivity index (χ0v) is 19.3. The van der Waals surface area contributed by atoms with Gasteiger partial charge in [0, 0.05) is 35.6 Å². The van der Waals surface area contributed by atoms with Crippen LogP contribution in [0.25, 0.3) is 0 Å². The molecule has 7 nitrogen and oxygen atoms in total. The molecule has 176 valence electrons. The van der Waals surface area contributed by atoms with Crippen LogP contribution in [0.1, 0.15) is 35.7 Å². The Morgan fingerprint density at radius 1 is 0.735 bits per heavy atom. The van der Waals surface area contributed by atoms with Crippen LogP contribution in [-0.2, 0) is 16.0 Å². The summed E-state index contributed by atoms with van der Waals surface area (Å²) in [6.07, 6.45) is 1.94. The van der Waals surface area contributed by atoms with Crippen LogP contribution in [0.4, 0.5) is 17.1 Å². The quantitative estimate of drug-likeness (QED) is 0.341. The lowest BCUT2D eigenvalue weighted by molar-refractivity contribution is -0.116. The van der Waals surface area contributed by atoms with Gasteiger partial charge in [0.2, 0.25) is 11.8 Å². The highest BCUT2D eigenvalue weighted by Gasteiger charge is 2.07.